The Hall–Kier alpha value is -2.09. The van der Waals surface area contributed by atoms with E-state index >= 15 is 0 Å². The number of rotatable bonds is 3. The fourth-order valence-corrected chi connectivity index (χ4v) is 1.21. The number of nitrogens with zero attached hydrogens (tertiary/aromatic N) is 1. The third-order valence-corrected chi connectivity index (χ3v) is 2.13. The van der Waals surface area contributed by atoms with Crippen molar-refractivity contribution in [3.63, 3.8) is 0 Å². The molecule has 0 saturated carbocycles. The average molecular weight is 290 g/mol. The van der Waals surface area contributed by atoms with E-state index in [0.717, 1.165) is 0 Å². The number of hydrazine groups is 1. The molecule has 1 aromatic rings. The number of amides is 2. The Kier molecular flexibility index (Phi) is 5.09. The molecule has 1 N–H and O–H groups in total. The van der Waals surface area contributed by atoms with Crippen molar-refractivity contribution in [3.05, 3.63) is 35.9 Å². The number of carbonyl (C=O) groups is 2. The second-order valence-electron chi connectivity index (χ2n) is 4.13. The summed E-state index contributed by atoms with van der Waals surface area (Å²) in [7, 11) is 0. The molecular formula is C12H13F3N2O3. The molecule has 0 fully saturated rings. The predicted molar refractivity (Wildman–Crippen MR) is 62.7 cm³/mol. The van der Waals surface area contributed by atoms with Crippen LogP contribution in [0.25, 0.3) is 0 Å². The van der Waals surface area contributed by atoms with E-state index in [1.807, 2.05) is 0 Å². The molecule has 0 heterocycles. The van der Waals surface area contributed by atoms with Crippen molar-refractivity contribution < 1.29 is 27.6 Å². The van der Waals surface area contributed by atoms with E-state index in [-0.39, 0.29) is 10.7 Å². The number of hydrogen-bond donors (Lipinski definition) is 1. The number of benzene rings is 1. The summed E-state index contributed by atoms with van der Waals surface area (Å²) in [6, 6.07) is 7.49. The van der Waals surface area contributed by atoms with Gasteiger partial charge in [0.15, 0.2) is 0 Å². The summed E-state index contributed by atoms with van der Waals surface area (Å²) < 4.78 is 36.6. The van der Waals surface area contributed by atoms with E-state index < -0.39 is 24.1 Å². The molecule has 110 valence electrons. The zero-order chi connectivity index (χ0) is 15.3. The van der Waals surface area contributed by atoms with Crippen molar-refractivity contribution in [2.75, 3.05) is 0 Å². The molecule has 2 amide bonds. The highest BCUT2D eigenvalue weighted by molar-refractivity contribution is 5.95. The van der Waals surface area contributed by atoms with Gasteiger partial charge in [0, 0.05) is 11.5 Å². The molecule has 0 aliphatic rings. The fraction of sp³-hybridized carbons (Fsp3) is 0.333. The Balaban J connectivity index is 2.84. The van der Waals surface area contributed by atoms with Gasteiger partial charge >= 0.3 is 6.36 Å². The molecule has 1 aromatic carbocycles. The molecule has 0 atom stereocenters. The van der Waals surface area contributed by atoms with Crippen LogP contribution in [0.5, 0.6) is 0 Å². The van der Waals surface area contributed by atoms with Gasteiger partial charge in [-0.3, -0.25) is 9.59 Å². The lowest BCUT2D eigenvalue weighted by Gasteiger charge is -2.24. The first-order chi connectivity index (χ1) is 9.20. The van der Waals surface area contributed by atoms with Gasteiger partial charge in [0.05, 0.1) is 0 Å². The van der Waals surface area contributed by atoms with Gasteiger partial charge in [0.25, 0.3) is 11.8 Å². The number of halogens is 3. The van der Waals surface area contributed by atoms with Crippen LogP contribution in [0, 0.1) is 5.92 Å². The van der Waals surface area contributed by atoms with Crippen LogP contribution in [-0.4, -0.2) is 23.3 Å². The molecule has 0 radical (unpaired) electrons. The quantitative estimate of drug-likeness (QED) is 0.869. The normalized spacial score (nSPS) is 11.3. The monoisotopic (exact) mass is 290 g/mol. The molecule has 20 heavy (non-hydrogen) atoms. The van der Waals surface area contributed by atoms with Crippen LogP contribution in [0.1, 0.15) is 24.2 Å². The van der Waals surface area contributed by atoms with Crippen LogP contribution in [0.3, 0.4) is 0 Å². The van der Waals surface area contributed by atoms with Crippen molar-refractivity contribution in [1.29, 1.82) is 0 Å². The Labute approximate surface area is 113 Å². The van der Waals surface area contributed by atoms with Gasteiger partial charge in [-0.25, -0.2) is 5.43 Å². The lowest BCUT2D eigenvalue weighted by Crippen LogP contribution is -2.50. The van der Waals surface area contributed by atoms with Gasteiger partial charge in [-0.05, 0) is 12.1 Å². The summed E-state index contributed by atoms with van der Waals surface area (Å²) in [5.74, 6) is -2.69. The highest BCUT2D eigenvalue weighted by Gasteiger charge is 2.37. The Bertz CT molecular complexity index is 475. The number of hydroxylamine groups is 1. The zero-order valence-corrected chi connectivity index (χ0v) is 10.8. The molecule has 0 aliphatic carbocycles. The Morgan fingerprint density at radius 3 is 2.20 bits per heavy atom. The van der Waals surface area contributed by atoms with E-state index in [4.69, 9.17) is 0 Å². The van der Waals surface area contributed by atoms with E-state index in [9.17, 15) is 22.8 Å². The summed E-state index contributed by atoms with van der Waals surface area (Å²) in [5, 5.41) is -0.194. The van der Waals surface area contributed by atoms with Crippen molar-refractivity contribution in [3.8, 4) is 0 Å². The van der Waals surface area contributed by atoms with Gasteiger partial charge < -0.3 is 0 Å². The van der Waals surface area contributed by atoms with Crippen LogP contribution in [0.4, 0.5) is 13.2 Å². The second-order valence-corrected chi connectivity index (χ2v) is 4.13. The zero-order valence-electron chi connectivity index (χ0n) is 10.8. The predicted octanol–water partition coefficient (Wildman–Crippen LogP) is 2.27. The molecule has 0 saturated heterocycles. The first kappa shape index (κ1) is 16.0. The van der Waals surface area contributed by atoms with Gasteiger partial charge in [-0.2, -0.15) is 0 Å². The summed E-state index contributed by atoms with van der Waals surface area (Å²) in [4.78, 5) is 26.8. The van der Waals surface area contributed by atoms with Crippen LogP contribution in [0.2, 0.25) is 0 Å². The number of alkyl halides is 3. The summed E-state index contributed by atoms with van der Waals surface area (Å²) in [5.41, 5.74) is 1.87. The molecule has 8 heteroatoms. The lowest BCUT2D eigenvalue weighted by molar-refractivity contribution is -0.410. The maximum absolute atomic E-state index is 12.2. The topological polar surface area (TPSA) is 58.6 Å². The van der Waals surface area contributed by atoms with Crippen molar-refractivity contribution in [2.24, 2.45) is 5.92 Å². The average Bonchev–Trinajstić information content (AvgIpc) is 2.36. The Morgan fingerprint density at radius 1 is 1.20 bits per heavy atom. The molecular weight excluding hydrogens is 277 g/mol. The molecule has 0 spiro atoms. The molecule has 0 aromatic heterocycles. The van der Waals surface area contributed by atoms with E-state index in [1.54, 1.807) is 11.5 Å². The first-order valence-corrected chi connectivity index (χ1v) is 5.66. The minimum absolute atomic E-state index is 0.0971. The molecule has 0 aliphatic heterocycles. The van der Waals surface area contributed by atoms with Crippen LogP contribution < -0.4 is 5.43 Å². The van der Waals surface area contributed by atoms with Crippen molar-refractivity contribution in [2.45, 2.75) is 20.2 Å². The maximum Gasteiger partial charge on any atom is 0.545 e. The summed E-state index contributed by atoms with van der Waals surface area (Å²) in [6.07, 6.45) is -5.09. The minimum atomic E-state index is -5.09. The lowest BCUT2D eigenvalue weighted by atomic mass is 10.2. The van der Waals surface area contributed by atoms with Crippen LogP contribution in [0.15, 0.2) is 30.3 Å². The summed E-state index contributed by atoms with van der Waals surface area (Å²) >= 11 is 0. The third-order valence-electron chi connectivity index (χ3n) is 2.13. The van der Waals surface area contributed by atoms with E-state index in [1.165, 1.54) is 38.1 Å². The van der Waals surface area contributed by atoms with Crippen LogP contribution >= 0.6 is 0 Å². The van der Waals surface area contributed by atoms with E-state index in [0.29, 0.717) is 0 Å². The van der Waals surface area contributed by atoms with E-state index in [2.05, 4.69) is 4.84 Å². The smallest absolute Gasteiger partial charge is 0.270 e. The largest absolute Gasteiger partial charge is 0.545 e. The standard InChI is InChI=1S/C12H13F3N2O3/c1-8(2)11(19)17(20-12(13,14)15)16-10(18)9-6-4-3-5-7-9/h3-8H,1-2H3,(H,16,18). The SMILES string of the molecule is CC(C)C(=O)N(NC(=O)c1ccccc1)OC(F)(F)F. The highest BCUT2D eigenvalue weighted by Crippen LogP contribution is 2.18. The van der Waals surface area contributed by atoms with Crippen molar-refractivity contribution >= 4 is 11.8 Å². The highest BCUT2D eigenvalue weighted by atomic mass is 19.4. The third kappa shape index (κ3) is 4.88. The second kappa shape index (κ2) is 6.38. The van der Waals surface area contributed by atoms with Crippen molar-refractivity contribution in [1.82, 2.24) is 10.6 Å². The number of hydrogen-bond acceptors (Lipinski definition) is 3. The van der Waals surface area contributed by atoms with Gasteiger partial charge in [-0.15, -0.1) is 23.2 Å². The maximum atomic E-state index is 12.2. The Morgan fingerprint density at radius 2 is 1.75 bits per heavy atom. The minimum Gasteiger partial charge on any atom is -0.270 e. The molecule has 0 bridgehead atoms. The molecule has 0 unspecified atom stereocenters. The number of carbonyl (C=O) groups excluding carboxylic acids is 2. The molecule has 1 rings (SSSR count). The van der Waals surface area contributed by atoms with Gasteiger partial charge in [-0.1, -0.05) is 32.0 Å². The fourth-order valence-electron chi connectivity index (χ4n) is 1.21. The van der Waals surface area contributed by atoms with Crippen LogP contribution in [-0.2, 0) is 9.63 Å². The number of nitrogens with one attached hydrogen (secondary N) is 1. The van der Waals surface area contributed by atoms with Gasteiger partial charge in [0.1, 0.15) is 0 Å². The van der Waals surface area contributed by atoms with Gasteiger partial charge in [0.2, 0.25) is 0 Å². The molecule has 5 nitrogen and oxygen atoms in total. The first-order valence-electron chi connectivity index (χ1n) is 5.66. The summed E-state index contributed by atoms with van der Waals surface area (Å²) in [6.45, 7) is 2.76.